The second-order valence-electron chi connectivity index (χ2n) is 13.3. The minimum Gasteiger partial charge on any atom is -0.508 e. The number of rotatable bonds is 6. The number of nitrogens with one attached hydrogen (secondary N) is 1. The molecule has 0 saturated carbocycles. The van der Waals surface area contributed by atoms with Gasteiger partial charge in [0.25, 0.3) is 0 Å². The molecule has 4 aliphatic rings. The summed E-state index contributed by atoms with van der Waals surface area (Å²) in [5.74, 6) is 0.298. The standard InChI is InChI=1S/C35H39F2N5O2/c1-2-21-5-3-6-22-15-26(43)16-29(30(21)22)27-9-10-28-32(31(27)37)39-34(44-20-35-12-4-13-42(35)18-23(36)17-35)40-33(28)41-14-11-24-7-8-25(19-41)38-24/h3,5-6,9-10,15-16,23-25,38,43H,2,4,7-8,11-14,17-20H2,1H3/t23-,24-,25?,35+/m1/s1. The molecule has 0 aliphatic carbocycles. The number of halogens is 2. The maximum atomic E-state index is 16.9. The van der Waals surface area contributed by atoms with Gasteiger partial charge < -0.3 is 20.1 Å². The summed E-state index contributed by atoms with van der Waals surface area (Å²) in [7, 11) is 0. The van der Waals surface area contributed by atoms with Gasteiger partial charge in [-0.25, -0.2) is 8.78 Å². The average Bonchev–Trinajstić information content (AvgIpc) is 3.66. The Kier molecular flexibility index (Phi) is 6.86. The normalized spacial score (nSPS) is 26.9. The van der Waals surface area contributed by atoms with Gasteiger partial charge in [-0.05, 0) is 85.2 Å². The van der Waals surface area contributed by atoms with Gasteiger partial charge >= 0.3 is 6.01 Å². The Balaban J connectivity index is 1.26. The van der Waals surface area contributed by atoms with E-state index in [0.717, 1.165) is 68.1 Å². The van der Waals surface area contributed by atoms with Gasteiger partial charge in [-0.1, -0.05) is 31.2 Å². The molecule has 3 aromatic carbocycles. The predicted molar refractivity (Wildman–Crippen MR) is 169 cm³/mol. The fraction of sp³-hybridized carbons (Fsp3) is 0.486. The molecule has 2 N–H and O–H groups in total. The topological polar surface area (TPSA) is 73.8 Å². The van der Waals surface area contributed by atoms with Crippen LogP contribution in [-0.2, 0) is 6.42 Å². The molecule has 44 heavy (non-hydrogen) atoms. The smallest absolute Gasteiger partial charge is 0.319 e. The minimum atomic E-state index is -0.864. The fourth-order valence-corrected chi connectivity index (χ4v) is 8.42. The number of alkyl halides is 1. The number of nitrogens with zero attached hydrogens (tertiary/aromatic N) is 4. The third-order valence-electron chi connectivity index (χ3n) is 10.5. The third kappa shape index (κ3) is 4.67. The molecule has 4 aliphatic heterocycles. The van der Waals surface area contributed by atoms with E-state index in [9.17, 15) is 9.50 Å². The van der Waals surface area contributed by atoms with Crippen LogP contribution in [0.15, 0.2) is 42.5 Å². The van der Waals surface area contributed by atoms with Crippen molar-refractivity contribution in [1.29, 1.82) is 0 Å². The Labute approximate surface area is 256 Å². The Hall–Kier alpha value is -3.56. The van der Waals surface area contributed by atoms with Crippen LogP contribution in [-0.4, -0.2) is 76.6 Å². The van der Waals surface area contributed by atoms with Crippen molar-refractivity contribution in [2.24, 2.45) is 0 Å². The highest BCUT2D eigenvalue weighted by Gasteiger charge is 2.49. The van der Waals surface area contributed by atoms with Crippen LogP contribution in [0.2, 0.25) is 0 Å². The van der Waals surface area contributed by atoms with Crippen LogP contribution < -0.4 is 15.0 Å². The molecule has 230 valence electrons. The zero-order valence-electron chi connectivity index (χ0n) is 25.2. The number of aromatic hydroxyl groups is 1. The molecule has 1 aromatic heterocycles. The van der Waals surface area contributed by atoms with Gasteiger partial charge in [-0.2, -0.15) is 9.97 Å². The van der Waals surface area contributed by atoms with Crippen LogP contribution in [0.3, 0.4) is 0 Å². The molecule has 4 fully saturated rings. The maximum Gasteiger partial charge on any atom is 0.319 e. The van der Waals surface area contributed by atoms with Crippen molar-refractivity contribution < 1.29 is 18.6 Å². The first-order chi connectivity index (χ1) is 21.4. The van der Waals surface area contributed by atoms with Crippen molar-refractivity contribution in [3.8, 4) is 22.9 Å². The predicted octanol–water partition coefficient (Wildman–Crippen LogP) is 6.14. The van der Waals surface area contributed by atoms with Crippen molar-refractivity contribution in [3.63, 3.8) is 0 Å². The third-order valence-corrected chi connectivity index (χ3v) is 10.5. The highest BCUT2D eigenvalue weighted by molar-refractivity contribution is 6.03. The molecular formula is C35H39F2N5O2. The molecule has 0 amide bonds. The molecule has 9 heteroatoms. The van der Waals surface area contributed by atoms with Gasteiger partial charge in [0.2, 0.25) is 0 Å². The number of hydrogen-bond acceptors (Lipinski definition) is 7. The summed E-state index contributed by atoms with van der Waals surface area (Å²) < 4.78 is 37.7. The quantitative estimate of drug-likeness (QED) is 0.276. The van der Waals surface area contributed by atoms with Crippen LogP contribution in [0.5, 0.6) is 11.8 Å². The fourth-order valence-electron chi connectivity index (χ4n) is 8.42. The van der Waals surface area contributed by atoms with Gasteiger partial charge in [-0.15, -0.1) is 0 Å². The summed E-state index contributed by atoms with van der Waals surface area (Å²) in [6.07, 6.45) is 5.52. The van der Waals surface area contributed by atoms with E-state index in [2.05, 4.69) is 22.0 Å². The van der Waals surface area contributed by atoms with E-state index in [1.54, 1.807) is 18.2 Å². The Bertz CT molecular complexity index is 1750. The number of phenols is 1. The number of anilines is 1. The Morgan fingerprint density at radius 1 is 1.05 bits per heavy atom. The number of benzene rings is 3. The monoisotopic (exact) mass is 599 g/mol. The SMILES string of the molecule is CCc1cccc2cc(O)cc(-c3ccc4c(N5CC[C@H]6CCC(C5)N6)nc(OC[C@@]56CCCN5C[C@H](F)C6)nc4c3F)c12. The van der Waals surface area contributed by atoms with E-state index >= 15 is 4.39 Å². The van der Waals surface area contributed by atoms with Crippen LogP contribution >= 0.6 is 0 Å². The molecular weight excluding hydrogens is 560 g/mol. The van der Waals surface area contributed by atoms with Crippen molar-refractivity contribution in [1.82, 2.24) is 20.2 Å². The zero-order valence-corrected chi connectivity index (χ0v) is 25.2. The van der Waals surface area contributed by atoms with Crippen LogP contribution in [0.1, 0.15) is 51.0 Å². The molecule has 7 nitrogen and oxygen atoms in total. The molecule has 0 radical (unpaired) electrons. The number of phenolic OH excluding ortho intramolecular Hbond substituents is 1. The van der Waals surface area contributed by atoms with Crippen LogP contribution in [0.25, 0.3) is 32.8 Å². The lowest BCUT2D eigenvalue weighted by Gasteiger charge is -2.31. The minimum absolute atomic E-state index is 0.0860. The molecule has 1 unspecified atom stereocenters. The van der Waals surface area contributed by atoms with Gasteiger partial charge in [0.05, 0.1) is 5.54 Å². The molecule has 5 heterocycles. The Morgan fingerprint density at radius 2 is 1.93 bits per heavy atom. The van der Waals surface area contributed by atoms with Gasteiger partial charge in [0.1, 0.15) is 29.9 Å². The van der Waals surface area contributed by atoms with E-state index < -0.39 is 12.0 Å². The summed E-state index contributed by atoms with van der Waals surface area (Å²) in [6.45, 7) is 5.25. The van der Waals surface area contributed by atoms with Crippen molar-refractivity contribution >= 4 is 27.5 Å². The largest absolute Gasteiger partial charge is 0.508 e. The number of aromatic nitrogens is 2. The second kappa shape index (κ2) is 10.8. The van der Waals surface area contributed by atoms with Gasteiger partial charge in [0.15, 0.2) is 5.82 Å². The average molecular weight is 600 g/mol. The maximum absolute atomic E-state index is 16.9. The molecule has 0 spiro atoms. The molecule has 4 saturated heterocycles. The number of hydrogen-bond donors (Lipinski definition) is 2. The second-order valence-corrected chi connectivity index (χ2v) is 13.3. The Morgan fingerprint density at radius 3 is 2.82 bits per heavy atom. The van der Waals surface area contributed by atoms with Gasteiger partial charge in [-0.3, -0.25) is 4.90 Å². The number of ether oxygens (including phenoxy) is 1. The summed E-state index contributed by atoms with van der Waals surface area (Å²) >= 11 is 0. The first-order valence-electron chi connectivity index (χ1n) is 16.2. The first kappa shape index (κ1) is 28.0. The van der Waals surface area contributed by atoms with Gasteiger partial charge in [0, 0.05) is 49.1 Å². The molecule has 2 bridgehead atoms. The van der Waals surface area contributed by atoms with E-state index in [-0.39, 0.29) is 29.4 Å². The first-order valence-corrected chi connectivity index (χ1v) is 16.2. The van der Waals surface area contributed by atoms with E-state index in [0.29, 0.717) is 47.4 Å². The molecule has 8 rings (SSSR count). The van der Waals surface area contributed by atoms with Crippen molar-refractivity contribution in [2.45, 2.75) is 75.7 Å². The molecule has 4 aromatic rings. The summed E-state index contributed by atoms with van der Waals surface area (Å²) in [5.41, 5.74) is 1.94. The van der Waals surface area contributed by atoms with E-state index in [1.807, 2.05) is 24.3 Å². The summed E-state index contributed by atoms with van der Waals surface area (Å²) in [4.78, 5) is 14.1. The lowest BCUT2D eigenvalue weighted by atomic mass is 9.92. The number of fused-ring (bicyclic) bond motifs is 5. The summed E-state index contributed by atoms with van der Waals surface area (Å²) in [6, 6.07) is 14.0. The van der Waals surface area contributed by atoms with Crippen molar-refractivity contribution in [2.75, 3.05) is 37.7 Å². The van der Waals surface area contributed by atoms with Crippen LogP contribution in [0, 0.1) is 5.82 Å². The zero-order chi connectivity index (χ0) is 30.0. The lowest BCUT2D eigenvalue weighted by Crippen LogP contribution is -2.43. The number of aryl methyl sites for hydroxylation is 1. The summed E-state index contributed by atoms with van der Waals surface area (Å²) in [5, 5.41) is 16.8. The van der Waals surface area contributed by atoms with E-state index in [4.69, 9.17) is 14.7 Å². The van der Waals surface area contributed by atoms with Crippen molar-refractivity contribution in [3.05, 3.63) is 53.8 Å². The highest BCUT2D eigenvalue weighted by Crippen LogP contribution is 2.42. The molecule has 4 atom stereocenters. The lowest BCUT2D eigenvalue weighted by molar-refractivity contribution is 0.107. The highest BCUT2D eigenvalue weighted by atomic mass is 19.1. The van der Waals surface area contributed by atoms with E-state index in [1.165, 1.54) is 6.42 Å². The van der Waals surface area contributed by atoms with Crippen LogP contribution in [0.4, 0.5) is 14.6 Å².